The first-order valence-electron chi connectivity index (χ1n) is 6.50. The van der Waals surface area contributed by atoms with Gasteiger partial charge in [0.1, 0.15) is 0 Å². The van der Waals surface area contributed by atoms with Gasteiger partial charge in [-0.2, -0.15) is 0 Å². The molecule has 6 nitrogen and oxygen atoms in total. The lowest BCUT2D eigenvalue weighted by molar-refractivity contribution is -0.131. The molecule has 1 aliphatic carbocycles. The Morgan fingerprint density at radius 1 is 1.19 bits per heavy atom. The van der Waals surface area contributed by atoms with Crippen molar-refractivity contribution in [2.45, 2.75) is 18.8 Å². The normalized spacial score (nSPS) is 23.6. The number of benzene rings is 1. The van der Waals surface area contributed by atoms with Crippen molar-refractivity contribution in [3.8, 4) is 0 Å². The van der Waals surface area contributed by atoms with Gasteiger partial charge in [-0.1, -0.05) is 37.3 Å². The minimum atomic E-state index is -1.23. The van der Waals surface area contributed by atoms with Crippen LogP contribution in [0.1, 0.15) is 18.9 Å². The maximum atomic E-state index is 12.0. The highest BCUT2D eigenvalue weighted by atomic mass is 16.4. The Kier molecular flexibility index (Phi) is 4.07. The molecule has 0 unspecified atom stereocenters. The second-order valence-electron chi connectivity index (χ2n) is 5.19. The summed E-state index contributed by atoms with van der Waals surface area (Å²) in [4.78, 5) is 33.5. The molecule has 3 N–H and O–H groups in total. The highest BCUT2D eigenvalue weighted by Gasteiger charge is 2.55. The van der Waals surface area contributed by atoms with Gasteiger partial charge in [0.05, 0.1) is 0 Å². The third-order valence-corrected chi connectivity index (χ3v) is 3.67. The van der Waals surface area contributed by atoms with Crippen molar-refractivity contribution < 1.29 is 19.5 Å². The van der Waals surface area contributed by atoms with Crippen LogP contribution in [-0.2, 0) is 19.8 Å². The third-order valence-electron chi connectivity index (χ3n) is 3.67. The van der Waals surface area contributed by atoms with Crippen molar-refractivity contribution in [2.24, 2.45) is 5.92 Å². The van der Waals surface area contributed by atoms with E-state index in [1.54, 1.807) is 0 Å². The van der Waals surface area contributed by atoms with Crippen LogP contribution in [0.2, 0.25) is 0 Å². The molecule has 1 aromatic rings. The molecule has 21 heavy (non-hydrogen) atoms. The molecule has 2 amide bonds. The number of rotatable bonds is 4. The number of hydrogen-bond acceptors (Lipinski definition) is 3. The fourth-order valence-electron chi connectivity index (χ4n) is 2.28. The van der Waals surface area contributed by atoms with Gasteiger partial charge in [0, 0.05) is 23.5 Å². The fraction of sp³-hybridized carbons (Fsp3) is 0.267. The molecule has 2 atom stereocenters. The number of hydrazine groups is 1. The molecule has 0 spiro atoms. The first-order valence-corrected chi connectivity index (χ1v) is 6.50. The van der Waals surface area contributed by atoms with Crippen LogP contribution in [0.5, 0.6) is 0 Å². The summed E-state index contributed by atoms with van der Waals surface area (Å²) in [5.41, 5.74) is 5.34. The minimum Gasteiger partial charge on any atom is -0.478 e. The summed E-state index contributed by atoms with van der Waals surface area (Å²) in [5.74, 6) is -2.40. The van der Waals surface area contributed by atoms with E-state index in [9.17, 15) is 14.4 Å². The lowest BCUT2D eigenvalue weighted by Crippen LogP contribution is -2.42. The third kappa shape index (κ3) is 3.47. The molecule has 2 rings (SSSR count). The molecule has 110 valence electrons. The van der Waals surface area contributed by atoms with Crippen molar-refractivity contribution in [2.75, 3.05) is 0 Å². The van der Waals surface area contributed by atoms with E-state index in [4.69, 9.17) is 5.11 Å². The maximum absolute atomic E-state index is 12.0. The highest BCUT2D eigenvalue weighted by Crippen LogP contribution is 2.53. The minimum absolute atomic E-state index is 0.205. The summed E-state index contributed by atoms with van der Waals surface area (Å²) < 4.78 is 0. The second-order valence-corrected chi connectivity index (χ2v) is 5.19. The van der Waals surface area contributed by atoms with Crippen LogP contribution in [0, 0.1) is 5.92 Å². The molecule has 1 aliphatic rings. The molecule has 0 heterocycles. The average Bonchev–Trinajstić information content (AvgIpc) is 3.17. The summed E-state index contributed by atoms with van der Waals surface area (Å²) in [6.45, 7) is 2.00. The number of nitrogens with one attached hydrogen (secondary N) is 2. The maximum Gasteiger partial charge on any atom is 0.328 e. The molecule has 1 fully saturated rings. The van der Waals surface area contributed by atoms with Gasteiger partial charge < -0.3 is 5.11 Å². The predicted octanol–water partition coefficient (Wildman–Crippen LogP) is 0.752. The lowest BCUT2D eigenvalue weighted by Gasteiger charge is -2.12. The van der Waals surface area contributed by atoms with Crippen molar-refractivity contribution >= 4 is 17.8 Å². The second kappa shape index (κ2) is 5.78. The molecule has 0 bridgehead atoms. The number of aliphatic carboxylic acids is 1. The van der Waals surface area contributed by atoms with E-state index in [2.05, 4.69) is 10.9 Å². The van der Waals surface area contributed by atoms with E-state index in [1.807, 2.05) is 37.3 Å². The predicted molar refractivity (Wildman–Crippen MR) is 75.0 cm³/mol. The van der Waals surface area contributed by atoms with Crippen LogP contribution < -0.4 is 10.9 Å². The topological polar surface area (TPSA) is 95.5 Å². The van der Waals surface area contributed by atoms with Crippen LogP contribution in [-0.4, -0.2) is 22.9 Å². The largest absolute Gasteiger partial charge is 0.478 e. The van der Waals surface area contributed by atoms with Gasteiger partial charge in [-0.3, -0.25) is 20.4 Å². The Bertz CT molecular complexity index is 597. The van der Waals surface area contributed by atoms with Crippen molar-refractivity contribution in [1.82, 2.24) is 10.9 Å². The molecule has 6 heteroatoms. The Hall–Kier alpha value is -2.63. The van der Waals surface area contributed by atoms with Crippen molar-refractivity contribution in [3.63, 3.8) is 0 Å². The number of hydrogen-bond donors (Lipinski definition) is 3. The number of carbonyl (C=O) groups excluding carboxylic acids is 2. The zero-order valence-electron chi connectivity index (χ0n) is 11.5. The van der Waals surface area contributed by atoms with Crippen molar-refractivity contribution in [3.05, 3.63) is 48.0 Å². The summed E-state index contributed by atoms with van der Waals surface area (Å²) >= 11 is 0. The summed E-state index contributed by atoms with van der Waals surface area (Å²) in [7, 11) is 0. The van der Waals surface area contributed by atoms with E-state index in [1.165, 1.54) is 0 Å². The van der Waals surface area contributed by atoms with Gasteiger partial charge in [0.2, 0.25) is 5.91 Å². The quantitative estimate of drug-likeness (QED) is 0.563. The first kappa shape index (κ1) is 14.8. The van der Waals surface area contributed by atoms with E-state index in [0.29, 0.717) is 12.5 Å². The fourth-order valence-corrected chi connectivity index (χ4v) is 2.28. The number of carbonyl (C=O) groups is 3. The Morgan fingerprint density at radius 3 is 2.48 bits per heavy atom. The highest BCUT2D eigenvalue weighted by molar-refractivity contribution is 5.95. The molecule has 0 aliphatic heterocycles. The van der Waals surface area contributed by atoms with Gasteiger partial charge in [-0.25, -0.2) is 4.79 Å². The zero-order chi connectivity index (χ0) is 15.5. The van der Waals surface area contributed by atoms with E-state index < -0.39 is 11.9 Å². The van der Waals surface area contributed by atoms with Gasteiger partial charge >= 0.3 is 5.97 Å². The van der Waals surface area contributed by atoms with Crippen LogP contribution in [0.25, 0.3) is 0 Å². The summed E-state index contributed by atoms with van der Waals surface area (Å²) in [6.07, 6.45) is 2.25. The van der Waals surface area contributed by atoms with Gasteiger partial charge in [-0.05, 0) is 12.0 Å². The molecular weight excluding hydrogens is 272 g/mol. The van der Waals surface area contributed by atoms with Gasteiger partial charge in [0.15, 0.2) is 0 Å². The first-order chi connectivity index (χ1) is 9.93. The zero-order valence-corrected chi connectivity index (χ0v) is 11.5. The Balaban J connectivity index is 1.86. The van der Waals surface area contributed by atoms with Crippen LogP contribution >= 0.6 is 0 Å². The standard InChI is InChI=1S/C15H16N2O4/c1-15(10-5-3-2-4-6-10)9-11(15)14(21)17-16-12(18)7-8-13(19)20/h2-8,11H,9H2,1H3,(H,16,18)(H,17,21)(H,19,20)/t11-,15-/m1/s1. The number of carboxylic acid groups (broad SMARTS) is 1. The summed E-state index contributed by atoms with van der Waals surface area (Å²) in [5, 5.41) is 8.38. The average molecular weight is 288 g/mol. The van der Waals surface area contributed by atoms with Crippen molar-refractivity contribution in [1.29, 1.82) is 0 Å². The summed E-state index contributed by atoms with van der Waals surface area (Å²) in [6, 6.07) is 9.71. The molecule has 0 saturated heterocycles. The Morgan fingerprint density at radius 2 is 1.86 bits per heavy atom. The van der Waals surface area contributed by atoms with Gasteiger partial charge in [0.25, 0.3) is 5.91 Å². The monoisotopic (exact) mass is 288 g/mol. The van der Waals surface area contributed by atoms with Crippen LogP contribution in [0.15, 0.2) is 42.5 Å². The molecule has 1 aromatic carbocycles. The molecule has 1 saturated carbocycles. The van der Waals surface area contributed by atoms with Gasteiger partial charge in [-0.15, -0.1) is 0 Å². The smallest absolute Gasteiger partial charge is 0.328 e. The Labute approximate surface area is 121 Å². The van der Waals surface area contributed by atoms with E-state index in [0.717, 1.165) is 11.6 Å². The van der Waals surface area contributed by atoms with Crippen LogP contribution in [0.3, 0.4) is 0 Å². The molecule has 0 radical (unpaired) electrons. The molecular formula is C15H16N2O4. The molecule has 0 aromatic heterocycles. The lowest BCUT2D eigenvalue weighted by atomic mass is 9.95. The van der Waals surface area contributed by atoms with Crippen LogP contribution in [0.4, 0.5) is 0 Å². The SMILES string of the molecule is C[C@]1(c2ccccc2)C[C@@H]1C(=O)NNC(=O)C=CC(=O)O. The van der Waals surface area contributed by atoms with E-state index >= 15 is 0 Å². The number of carboxylic acids is 1. The number of amides is 2. The van der Waals surface area contributed by atoms with E-state index in [-0.39, 0.29) is 17.2 Å².